The number of aryl methyl sites for hydroxylation is 2. The maximum Gasteiger partial charge on any atom is 0.183 e. The zero-order chi connectivity index (χ0) is 11.0. The molecular formula is C11H14N2OS. The molecule has 0 fully saturated rings. The number of nitrogens with zero attached hydrogens (tertiary/aromatic N) is 1. The standard InChI is InChI=1S/C11H14N2OS/c1-6-5-8(14-4)7(2)10-9(6)13-11(12-3)15-10/h5H,1-4H3,(H,12,13). The fourth-order valence-corrected chi connectivity index (χ4v) is 2.63. The molecule has 80 valence electrons. The van der Waals surface area contributed by atoms with Crippen molar-refractivity contribution in [2.75, 3.05) is 19.5 Å². The van der Waals surface area contributed by atoms with Crippen LogP contribution in [0.1, 0.15) is 11.1 Å². The summed E-state index contributed by atoms with van der Waals surface area (Å²) in [6.07, 6.45) is 0. The molecule has 0 unspecified atom stereocenters. The number of methoxy groups -OCH3 is 1. The average Bonchev–Trinajstić information content (AvgIpc) is 2.68. The summed E-state index contributed by atoms with van der Waals surface area (Å²) in [5.41, 5.74) is 3.39. The number of nitrogens with one attached hydrogen (secondary N) is 1. The minimum atomic E-state index is 0.936. The Balaban J connectivity index is 2.78. The summed E-state index contributed by atoms with van der Waals surface area (Å²) in [7, 11) is 3.59. The second-order valence-electron chi connectivity index (χ2n) is 3.47. The highest BCUT2D eigenvalue weighted by Gasteiger charge is 2.11. The molecule has 0 spiro atoms. The third-order valence-electron chi connectivity index (χ3n) is 2.49. The number of hydrogen-bond acceptors (Lipinski definition) is 4. The molecule has 0 amide bonds. The number of aromatic nitrogens is 1. The molecule has 0 aliphatic carbocycles. The molecule has 0 aliphatic rings. The van der Waals surface area contributed by atoms with Crippen molar-refractivity contribution in [3.8, 4) is 5.75 Å². The van der Waals surface area contributed by atoms with Crippen LogP contribution in [-0.4, -0.2) is 19.1 Å². The van der Waals surface area contributed by atoms with Crippen molar-refractivity contribution in [3.05, 3.63) is 17.2 Å². The van der Waals surface area contributed by atoms with Crippen molar-refractivity contribution in [3.63, 3.8) is 0 Å². The highest BCUT2D eigenvalue weighted by Crippen LogP contribution is 2.35. The number of anilines is 1. The van der Waals surface area contributed by atoms with Crippen molar-refractivity contribution in [2.24, 2.45) is 0 Å². The Bertz CT molecular complexity index is 505. The number of hydrogen-bond donors (Lipinski definition) is 1. The van der Waals surface area contributed by atoms with Crippen LogP contribution in [0.25, 0.3) is 10.2 Å². The lowest BCUT2D eigenvalue weighted by atomic mass is 10.1. The first kappa shape index (κ1) is 10.2. The van der Waals surface area contributed by atoms with Crippen LogP contribution in [0.4, 0.5) is 5.13 Å². The van der Waals surface area contributed by atoms with Gasteiger partial charge >= 0.3 is 0 Å². The van der Waals surface area contributed by atoms with E-state index in [9.17, 15) is 0 Å². The lowest BCUT2D eigenvalue weighted by molar-refractivity contribution is 0.412. The van der Waals surface area contributed by atoms with Crippen LogP contribution in [0.2, 0.25) is 0 Å². The number of ether oxygens (including phenoxy) is 1. The Kier molecular flexibility index (Phi) is 2.52. The molecule has 2 aromatic rings. The maximum absolute atomic E-state index is 5.34. The first-order valence-electron chi connectivity index (χ1n) is 4.80. The summed E-state index contributed by atoms with van der Waals surface area (Å²) in [5.74, 6) is 0.936. The molecule has 3 nitrogen and oxygen atoms in total. The predicted molar refractivity (Wildman–Crippen MR) is 65.2 cm³/mol. The van der Waals surface area contributed by atoms with Crippen LogP contribution < -0.4 is 10.1 Å². The Hall–Kier alpha value is -1.29. The van der Waals surface area contributed by atoms with E-state index in [0.717, 1.165) is 27.5 Å². The van der Waals surface area contributed by atoms with E-state index in [2.05, 4.69) is 24.1 Å². The lowest BCUT2D eigenvalue weighted by Crippen LogP contribution is -1.89. The number of rotatable bonds is 2. The molecule has 1 N–H and O–H groups in total. The van der Waals surface area contributed by atoms with E-state index in [-0.39, 0.29) is 0 Å². The van der Waals surface area contributed by atoms with Crippen LogP contribution in [-0.2, 0) is 0 Å². The minimum Gasteiger partial charge on any atom is -0.496 e. The van der Waals surface area contributed by atoms with Crippen molar-refractivity contribution in [2.45, 2.75) is 13.8 Å². The van der Waals surface area contributed by atoms with Gasteiger partial charge in [-0.3, -0.25) is 0 Å². The maximum atomic E-state index is 5.34. The Morgan fingerprint density at radius 1 is 1.40 bits per heavy atom. The van der Waals surface area contributed by atoms with Gasteiger partial charge in [-0.2, -0.15) is 0 Å². The van der Waals surface area contributed by atoms with Crippen molar-refractivity contribution < 1.29 is 4.74 Å². The van der Waals surface area contributed by atoms with Crippen LogP contribution in [0.5, 0.6) is 5.75 Å². The van der Waals surface area contributed by atoms with E-state index >= 15 is 0 Å². The third kappa shape index (κ3) is 1.55. The van der Waals surface area contributed by atoms with E-state index in [1.54, 1.807) is 18.4 Å². The number of fused-ring (bicyclic) bond motifs is 1. The fraction of sp³-hybridized carbons (Fsp3) is 0.364. The van der Waals surface area contributed by atoms with Gasteiger partial charge in [0.15, 0.2) is 5.13 Å². The summed E-state index contributed by atoms with van der Waals surface area (Å²) in [6.45, 7) is 4.13. The summed E-state index contributed by atoms with van der Waals surface area (Å²) in [5, 5.41) is 4.02. The van der Waals surface area contributed by atoms with E-state index < -0.39 is 0 Å². The molecule has 0 saturated carbocycles. The molecule has 0 atom stereocenters. The molecule has 15 heavy (non-hydrogen) atoms. The molecule has 1 aromatic carbocycles. The first-order valence-corrected chi connectivity index (χ1v) is 5.61. The molecule has 0 aliphatic heterocycles. The van der Waals surface area contributed by atoms with Crippen LogP contribution in [0.15, 0.2) is 6.07 Å². The van der Waals surface area contributed by atoms with Gasteiger partial charge in [-0.1, -0.05) is 11.3 Å². The van der Waals surface area contributed by atoms with E-state index in [4.69, 9.17) is 4.74 Å². The van der Waals surface area contributed by atoms with Gasteiger partial charge in [0.2, 0.25) is 0 Å². The van der Waals surface area contributed by atoms with Crippen molar-refractivity contribution in [1.29, 1.82) is 0 Å². The van der Waals surface area contributed by atoms with E-state index in [0.29, 0.717) is 0 Å². The second-order valence-corrected chi connectivity index (χ2v) is 4.47. The highest BCUT2D eigenvalue weighted by molar-refractivity contribution is 7.22. The van der Waals surface area contributed by atoms with Gasteiger partial charge in [0, 0.05) is 12.6 Å². The summed E-state index contributed by atoms with van der Waals surface area (Å²) in [6, 6.07) is 2.04. The predicted octanol–water partition coefficient (Wildman–Crippen LogP) is 2.96. The molecule has 0 bridgehead atoms. The van der Waals surface area contributed by atoms with Crippen LogP contribution in [0.3, 0.4) is 0 Å². The smallest absolute Gasteiger partial charge is 0.183 e. The zero-order valence-corrected chi connectivity index (χ0v) is 10.2. The molecule has 4 heteroatoms. The van der Waals surface area contributed by atoms with Gasteiger partial charge in [0.25, 0.3) is 0 Å². The van der Waals surface area contributed by atoms with Crippen LogP contribution >= 0.6 is 11.3 Å². The Morgan fingerprint density at radius 3 is 2.73 bits per heavy atom. The summed E-state index contributed by atoms with van der Waals surface area (Å²) in [4.78, 5) is 4.52. The molecule has 1 heterocycles. The average molecular weight is 222 g/mol. The molecular weight excluding hydrogens is 208 g/mol. The monoisotopic (exact) mass is 222 g/mol. The van der Waals surface area contributed by atoms with Gasteiger partial charge in [-0.15, -0.1) is 0 Å². The van der Waals surface area contributed by atoms with Gasteiger partial charge in [0.05, 0.1) is 17.3 Å². The minimum absolute atomic E-state index is 0.936. The van der Waals surface area contributed by atoms with Crippen molar-refractivity contribution >= 4 is 26.7 Å². The topological polar surface area (TPSA) is 34.2 Å². The van der Waals surface area contributed by atoms with Gasteiger partial charge in [0.1, 0.15) is 5.75 Å². The Morgan fingerprint density at radius 2 is 2.13 bits per heavy atom. The molecule has 0 radical (unpaired) electrons. The number of benzene rings is 1. The first-order chi connectivity index (χ1) is 7.17. The van der Waals surface area contributed by atoms with Gasteiger partial charge in [-0.25, -0.2) is 4.98 Å². The SMILES string of the molecule is CNc1nc2c(C)cc(OC)c(C)c2s1. The molecule has 2 rings (SSSR count). The third-order valence-corrected chi connectivity index (χ3v) is 3.68. The normalized spacial score (nSPS) is 10.7. The summed E-state index contributed by atoms with van der Waals surface area (Å²) < 4.78 is 6.54. The highest BCUT2D eigenvalue weighted by atomic mass is 32.1. The van der Waals surface area contributed by atoms with E-state index in [1.807, 2.05) is 13.1 Å². The van der Waals surface area contributed by atoms with Crippen molar-refractivity contribution in [1.82, 2.24) is 4.98 Å². The van der Waals surface area contributed by atoms with Gasteiger partial charge in [-0.05, 0) is 25.5 Å². The summed E-state index contributed by atoms with van der Waals surface area (Å²) >= 11 is 1.67. The zero-order valence-electron chi connectivity index (χ0n) is 9.34. The lowest BCUT2D eigenvalue weighted by Gasteiger charge is -2.06. The van der Waals surface area contributed by atoms with Gasteiger partial charge < -0.3 is 10.1 Å². The Labute approximate surface area is 93.1 Å². The quantitative estimate of drug-likeness (QED) is 0.848. The van der Waals surface area contributed by atoms with E-state index in [1.165, 1.54) is 4.70 Å². The number of thiazole rings is 1. The fourth-order valence-electron chi connectivity index (χ4n) is 1.65. The second kappa shape index (κ2) is 3.70. The largest absolute Gasteiger partial charge is 0.496 e. The molecule has 1 aromatic heterocycles. The molecule has 0 saturated heterocycles. The van der Waals surface area contributed by atoms with Crippen LogP contribution in [0, 0.1) is 13.8 Å².